The van der Waals surface area contributed by atoms with Gasteiger partial charge in [0.2, 0.25) is 11.8 Å². The lowest BCUT2D eigenvalue weighted by Gasteiger charge is -2.22. The summed E-state index contributed by atoms with van der Waals surface area (Å²) in [6.07, 6.45) is 2.08. The Hall–Kier alpha value is -1.14. The van der Waals surface area contributed by atoms with Crippen LogP contribution in [0.15, 0.2) is 0 Å². The number of nitrogens with zero attached hydrogens (tertiary/aromatic N) is 2. The second kappa shape index (κ2) is 6.86. The normalized spacial score (nSPS) is 23.5. The summed E-state index contributed by atoms with van der Waals surface area (Å²) in [5.74, 6) is -0.123. The lowest BCUT2D eigenvalue weighted by molar-refractivity contribution is -0.130. The van der Waals surface area contributed by atoms with Crippen molar-refractivity contribution in [2.45, 2.75) is 26.2 Å². The van der Waals surface area contributed by atoms with Crippen LogP contribution in [-0.4, -0.2) is 61.4 Å². The second-order valence-corrected chi connectivity index (χ2v) is 5.66. The standard InChI is InChI=1S/C13H26N4O2/c1-13(12(15)19)5-9-17(10-13)8-4-11(18)16(2)7-3-6-14/h3-10,14H2,1-2H3,(H2,15,19). The molecule has 0 aromatic carbocycles. The summed E-state index contributed by atoms with van der Waals surface area (Å²) in [6, 6.07) is 0. The van der Waals surface area contributed by atoms with E-state index in [0.717, 1.165) is 19.4 Å². The van der Waals surface area contributed by atoms with Crippen molar-refractivity contribution in [3.05, 3.63) is 0 Å². The van der Waals surface area contributed by atoms with E-state index >= 15 is 0 Å². The molecule has 1 heterocycles. The van der Waals surface area contributed by atoms with Crippen LogP contribution in [0.2, 0.25) is 0 Å². The molecule has 1 fully saturated rings. The average Bonchev–Trinajstić information content (AvgIpc) is 2.76. The maximum absolute atomic E-state index is 11.9. The molecule has 4 N–H and O–H groups in total. The number of carbonyl (C=O) groups is 2. The summed E-state index contributed by atoms with van der Waals surface area (Å²) in [5, 5.41) is 0. The highest BCUT2D eigenvalue weighted by Crippen LogP contribution is 2.29. The predicted octanol–water partition coefficient (Wildman–Crippen LogP) is -0.619. The van der Waals surface area contributed by atoms with E-state index in [1.165, 1.54) is 0 Å². The highest BCUT2D eigenvalue weighted by molar-refractivity contribution is 5.81. The fourth-order valence-corrected chi connectivity index (χ4v) is 2.35. The van der Waals surface area contributed by atoms with Crippen LogP contribution in [0, 0.1) is 5.41 Å². The van der Waals surface area contributed by atoms with Gasteiger partial charge in [-0.05, 0) is 32.9 Å². The van der Waals surface area contributed by atoms with Crippen LogP contribution in [0.1, 0.15) is 26.2 Å². The third-order valence-electron chi connectivity index (χ3n) is 3.91. The van der Waals surface area contributed by atoms with Gasteiger partial charge in [-0.3, -0.25) is 9.59 Å². The number of amides is 2. The molecule has 1 rings (SSSR count). The molecule has 0 spiro atoms. The number of nitrogens with two attached hydrogens (primary N) is 2. The molecule has 1 aliphatic rings. The van der Waals surface area contributed by atoms with Crippen LogP contribution in [-0.2, 0) is 9.59 Å². The van der Waals surface area contributed by atoms with E-state index in [4.69, 9.17) is 11.5 Å². The number of hydrogen-bond donors (Lipinski definition) is 2. The smallest absolute Gasteiger partial charge is 0.224 e. The molecular formula is C13H26N4O2. The minimum atomic E-state index is -0.436. The molecule has 0 aliphatic carbocycles. The van der Waals surface area contributed by atoms with Crippen LogP contribution in [0.25, 0.3) is 0 Å². The number of primary amides is 1. The molecular weight excluding hydrogens is 244 g/mol. The largest absolute Gasteiger partial charge is 0.369 e. The Morgan fingerprint density at radius 2 is 2.11 bits per heavy atom. The van der Waals surface area contributed by atoms with E-state index in [-0.39, 0.29) is 11.8 Å². The molecule has 0 radical (unpaired) electrons. The first-order valence-corrected chi connectivity index (χ1v) is 6.85. The van der Waals surface area contributed by atoms with Crippen molar-refractivity contribution in [3.8, 4) is 0 Å². The minimum absolute atomic E-state index is 0.126. The van der Waals surface area contributed by atoms with Crippen molar-refractivity contribution >= 4 is 11.8 Å². The summed E-state index contributed by atoms with van der Waals surface area (Å²) >= 11 is 0. The molecule has 0 aromatic heterocycles. The van der Waals surface area contributed by atoms with Crippen LogP contribution < -0.4 is 11.5 Å². The number of rotatable bonds is 7. The zero-order chi connectivity index (χ0) is 14.5. The van der Waals surface area contributed by atoms with Gasteiger partial charge in [0.1, 0.15) is 0 Å². The summed E-state index contributed by atoms with van der Waals surface area (Å²) in [7, 11) is 1.80. The number of likely N-dealkylation sites (tertiary alicyclic amines) is 1. The fraction of sp³-hybridized carbons (Fsp3) is 0.846. The molecule has 1 aliphatic heterocycles. The molecule has 110 valence electrons. The molecule has 1 saturated heterocycles. The predicted molar refractivity (Wildman–Crippen MR) is 74.3 cm³/mol. The fourth-order valence-electron chi connectivity index (χ4n) is 2.35. The third-order valence-corrected chi connectivity index (χ3v) is 3.91. The maximum atomic E-state index is 11.9. The Morgan fingerprint density at radius 3 is 2.63 bits per heavy atom. The zero-order valence-corrected chi connectivity index (χ0v) is 12.0. The van der Waals surface area contributed by atoms with Gasteiger partial charge in [0.05, 0.1) is 5.41 Å². The first-order valence-electron chi connectivity index (χ1n) is 6.85. The monoisotopic (exact) mass is 270 g/mol. The van der Waals surface area contributed by atoms with Gasteiger partial charge < -0.3 is 21.3 Å². The molecule has 19 heavy (non-hydrogen) atoms. The molecule has 0 aromatic rings. The molecule has 6 nitrogen and oxygen atoms in total. The third kappa shape index (κ3) is 4.47. The summed E-state index contributed by atoms with van der Waals surface area (Å²) in [6.45, 7) is 5.37. The van der Waals surface area contributed by atoms with Crippen molar-refractivity contribution < 1.29 is 9.59 Å². The highest BCUT2D eigenvalue weighted by Gasteiger charge is 2.38. The highest BCUT2D eigenvalue weighted by atomic mass is 16.2. The Labute approximate surface area is 115 Å². The number of carbonyl (C=O) groups excluding carboxylic acids is 2. The van der Waals surface area contributed by atoms with Crippen LogP contribution in [0.3, 0.4) is 0 Å². The van der Waals surface area contributed by atoms with Gasteiger partial charge in [0, 0.05) is 33.1 Å². The molecule has 1 atom stereocenters. The van der Waals surface area contributed by atoms with Gasteiger partial charge in [-0.1, -0.05) is 0 Å². The lowest BCUT2D eigenvalue weighted by Crippen LogP contribution is -2.38. The van der Waals surface area contributed by atoms with E-state index in [2.05, 4.69) is 4.90 Å². The molecule has 6 heteroatoms. The zero-order valence-electron chi connectivity index (χ0n) is 12.0. The molecule has 1 unspecified atom stereocenters. The average molecular weight is 270 g/mol. The first kappa shape index (κ1) is 15.9. The van der Waals surface area contributed by atoms with E-state index in [1.807, 2.05) is 6.92 Å². The first-order chi connectivity index (χ1) is 8.89. The van der Waals surface area contributed by atoms with E-state index in [0.29, 0.717) is 32.6 Å². The van der Waals surface area contributed by atoms with Gasteiger partial charge in [0.15, 0.2) is 0 Å². The Bertz CT molecular complexity index is 335. The Morgan fingerprint density at radius 1 is 1.42 bits per heavy atom. The summed E-state index contributed by atoms with van der Waals surface area (Å²) < 4.78 is 0. The maximum Gasteiger partial charge on any atom is 0.224 e. The summed E-state index contributed by atoms with van der Waals surface area (Å²) in [5.41, 5.74) is 10.4. The van der Waals surface area contributed by atoms with Crippen LogP contribution >= 0.6 is 0 Å². The van der Waals surface area contributed by atoms with Crippen molar-refractivity contribution in [3.63, 3.8) is 0 Å². The Kier molecular flexibility index (Phi) is 5.75. The number of hydrogen-bond acceptors (Lipinski definition) is 4. The minimum Gasteiger partial charge on any atom is -0.369 e. The van der Waals surface area contributed by atoms with Crippen molar-refractivity contribution in [2.75, 3.05) is 39.8 Å². The Balaban J connectivity index is 2.30. The van der Waals surface area contributed by atoms with Crippen molar-refractivity contribution in [2.24, 2.45) is 16.9 Å². The molecule has 2 amide bonds. The quantitative estimate of drug-likeness (QED) is 0.645. The molecule has 0 saturated carbocycles. The van der Waals surface area contributed by atoms with Crippen molar-refractivity contribution in [1.29, 1.82) is 0 Å². The SMILES string of the molecule is CN(CCCN)C(=O)CCN1CCC(C)(C(N)=O)C1. The van der Waals surface area contributed by atoms with Gasteiger partial charge in [0.25, 0.3) is 0 Å². The topological polar surface area (TPSA) is 92.7 Å². The van der Waals surface area contributed by atoms with Crippen LogP contribution in [0.5, 0.6) is 0 Å². The second-order valence-electron chi connectivity index (χ2n) is 5.66. The van der Waals surface area contributed by atoms with Gasteiger partial charge in [-0.25, -0.2) is 0 Å². The van der Waals surface area contributed by atoms with Crippen molar-refractivity contribution in [1.82, 2.24) is 9.80 Å². The van der Waals surface area contributed by atoms with Gasteiger partial charge in [-0.2, -0.15) is 0 Å². The van der Waals surface area contributed by atoms with Gasteiger partial charge >= 0.3 is 0 Å². The van der Waals surface area contributed by atoms with Gasteiger partial charge in [-0.15, -0.1) is 0 Å². The van der Waals surface area contributed by atoms with Crippen LogP contribution in [0.4, 0.5) is 0 Å². The summed E-state index contributed by atoms with van der Waals surface area (Å²) in [4.78, 5) is 27.1. The van der Waals surface area contributed by atoms with E-state index in [9.17, 15) is 9.59 Å². The van der Waals surface area contributed by atoms with E-state index < -0.39 is 5.41 Å². The molecule has 0 bridgehead atoms. The van der Waals surface area contributed by atoms with E-state index in [1.54, 1.807) is 11.9 Å². The lowest BCUT2D eigenvalue weighted by atomic mass is 9.89.